The molecule has 4 rings (SSSR count). The van der Waals surface area contributed by atoms with E-state index >= 15 is 0 Å². The molecule has 37 heavy (non-hydrogen) atoms. The number of amides is 1. The van der Waals surface area contributed by atoms with Gasteiger partial charge in [0.05, 0.1) is 30.3 Å². The van der Waals surface area contributed by atoms with E-state index in [1.165, 1.54) is 29.3 Å². The minimum atomic E-state index is -4.10. The summed E-state index contributed by atoms with van der Waals surface area (Å²) in [5, 5.41) is 0. The van der Waals surface area contributed by atoms with Gasteiger partial charge in [0.25, 0.3) is 10.0 Å². The van der Waals surface area contributed by atoms with E-state index in [2.05, 4.69) is 0 Å². The number of rotatable bonds is 6. The predicted octanol–water partition coefficient (Wildman–Crippen LogP) is 5.70. The third-order valence-corrected chi connectivity index (χ3v) is 7.51. The Balaban J connectivity index is 1.76. The third kappa shape index (κ3) is 6.11. The highest BCUT2D eigenvalue weighted by molar-refractivity contribution is 7.90. The zero-order valence-electron chi connectivity index (χ0n) is 21.4. The Labute approximate surface area is 217 Å². The van der Waals surface area contributed by atoms with Crippen molar-refractivity contribution in [3.8, 4) is 11.3 Å². The van der Waals surface area contributed by atoms with Crippen LogP contribution in [-0.2, 0) is 26.0 Å². The maximum atomic E-state index is 14.8. The number of nitrogens with zero attached hydrogens (tertiary/aromatic N) is 2. The molecule has 2 heterocycles. The van der Waals surface area contributed by atoms with Crippen LogP contribution in [0, 0.1) is 5.82 Å². The fraction of sp³-hybridized carbons (Fsp3) is 0.321. The summed E-state index contributed by atoms with van der Waals surface area (Å²) in [7, 11) is -2.54. The van der Waals surface area contributed by atoms with Gasteiger partial charge in [0, 0.05) is 18.8 Å². The second kappa shape index (κ2) is 10.5. The molecule has 0 spiro atoms. The molecule has 0 N–H and O–H groups in total. The first-order valence-electron chi connectivity index (χ1n) is 12.0. The van der Waals surface area contributed by atoms with Crippen LogP contribution in [0.3, 0.4) is 0 Å². The lowest BCUT2D eigenvalue weighted by molar-refractivity contribution is 0.0285. The molecule has 1 aliphatic rings. The molecular weight excluding hydrogens is 495 g/mol. The molecule has 0 saturated heterocycles. The van der Waals surface area contributed by atoms with Gasteiger partial charge < -0.3 is 14.4 Å². The van der Waals surface area contributed by atoms with E-state index in [4.69, 9.17) is 9.47 Å². The minimum absolute atomic E-state index is 0.0752. The fourth-order valence-electron chi connectivity index (χ4n) is 4.08. The molecule has 0 atom stereocenters. The van der Waals surface area contributed by atoms with Crippen LogP contribution in [0.4, 0.5) is 9.18 Å². The second-order valence-electron chi connectivity index (χ2n) is 9.93. The summed E-state index contributed by atoms with van der Waals surface area (Å²) in [5.41, 5.74) is 1.96. The molecule has 0 aliphatic carbocycles. The summed E-state index contributed by atoms with van der Waals surface area (Å²) in [6, 6.07) is 14.3. The van der Waals surface area contributed by atoms with Gasteiger partial charge in [0.1, 0.15) is 11.4 Å². The van der Waals surface area contributed by atoms with Gasteiger partial charge in [0.2, 0.25) is 0 Å². The number of hydrogen-bond donors (Lipinski definition) is 0. The first kappa shape index (κ1) is 26.6. The first-order chi connectivity index (χ1) is 17.5. The standard InChI is InChI=1S/C28H31FN2O5S/c1-28(2,3)36-27(32)30(4)18-20-16-26(24-10-5-6-11-25(24)29)31(19-20)37(33,34)23-9-7-8-22(17-23)21-12-14-35-15-13-21/h5-12,16-17,19H,13-15,18H2,1-4H3. The molecule has 0 fully saturated rings. The number of carbonyl (C=O) groups is 1. The minimum Gasteiger partial charge on any atom is -0.444 e. The smallest absolute Gasteiger partial charge is 0.410 e. The van der Waals surface area contributed by atoms with E-state index in [0.29, 0.717) is 25.2 Å². The van der Waals surface area contributed by atoms with Crippen LogP contribution < -0.4 is 0 Å². The summed E-state index contributed by atoms with van der Waals surface area (Å²) in [6.45, 7) is 6.43. The normalized spacial score (nSPS) is 14.2. The van der Waals surface area contributed by atoms with E-state index in [-0.39, 0.29) is 22.7 Å². The van der Waals surface area contributed by atoms with Crippen LogP contribution in [0.5, 0.6) is 0 Å². The highest BCUT2D eigenvalue weighted by Gasteiger charge is 2.26. The van der Waals surface area contributed by atoms with Gasteiger partial charge in [-0.2, -0.15) is 0 Å². The topological polar surface area (TPSA) is 77.8 Å². The van der Waals surface area contributed by atoms with Crippen molar-refractivity contribution in [2.75, 3.05) is 20.3 Å². The number of aromatic nitrogens is 1. The molecule has 1 amide bonds. The average molecular weight is 527 g/mol. The van der Waals surface area contributed by atoms with Gasteiger partial charge in [0.15, 0.2) is 0 Å². The van der Waals surface area contributed by atoms with Crippen LogP contribution in [0.1, 0.15) is 38.3 Å². The van der Waals surface area contributed by atoms with Crippen LogP contribution in [0.2, 0.25) is 0 Å². The summed E-state index contributed by atoms with van der Waals surface area (Å²) in [5.74, 6) is -0.551. The van der Waals surface area contributed by atoms with Gasteiger partial charge in [-0.05, 0) is 74.2 Å². The van der Waals surface area contributed by atoms with Crippen LogP contribution in [0.25, 0.3) is 16.8 Å². The Morgan fingerprint density at radius 2 is 1.89 bits per heavy atom. The van der Waals surface area contributed by atoms with Gasteiger partial charge in [-0.3, -0.25) is 0 Å². The van der Waals surface area contributed by atoms with Crippen molar-refractivity contribution in [1.29, 1.82) is 0 Å². The quantitative estimate of drug-likeness (QED) is 0.412. The third-order valence-electron chi connectivity index (χ3n) is 5.84. The Kier molecular flexibility index (Phi) is 7.57. The van der Waals surface area contributed by atoms with Crippen molar-refractivity contribution in [3.63, 3.8) is 0 Å². The molecule has 2 aromatic carbocycles. The van der Waals surface area contributed by atoms with Crippen molar-refractivity contribution in [2.45, 2.75) is 44.2 Å². The Morgan fingerprint density at radius 3 is 2.57 bits per heavy atom. The van der Waals surface area contributed by atoms with Crippen molar-refractivity contribution in [3.05, 3.63) is 83.8 Å². The van der Waals surface area contributed by atoms with Gasteiger partial charge in [-0.1, -0.05) is 30.3 Å². The number of benzene rings is 2. The molecule has 1 aliphatic heterocycles. The summed E-state index contributed by atoms with van der Waals surface area (Å²) >= 11 is 0. The molecule has 3 aromatic rings. The van der Waals surface area contributed by atoms with Crippen LogP contribution in [-0.4, -0.2) is 49.2 Å². The molecule has 0 saturated carbocycles. The summed E-state index contributed by atoms with van der Waals surface area (Å²) in [4.78, 5) is 13.9. The Bertz CT molecular complexity index is 1440. The summed E-state index contributed by atoms with van der Waals surface area (Å²) < 4.78 is 54.5. The number of halogens is 1. The zero-order valence-corrected chi connectivity index (χ0v) is 22.2. The lowest BCUT2D eigenvalue weighted by Gasteiger charge is -2.24. The predicted molar refractivity (Wildman–Crippen MR) is 140 cm³/mol. The molecular formula is C28H31FN2O5S. The molecule has 1 aromatic heterocycles. The highest BCUT2D eigenvalue weighted by atomic mass is 32.2. The Morgan fingerprint density at radius 1 is 1.14 bits per heavy atom. The molecule has 196 valence electrons. The fourth-order valence-corrected chi connectivity index (χ4v) is 5.52. The van der Waals surface area contributed by atoms with Gasteiger partial charge in [-0.15, -0.1) is 0 Å². The second-order valence-corrected chi connectivity index (χ2v) is 11.7. The molecule has 0 unspecified atom stereocenters. The zero-order chi connectivity index (χ0) is 26.8. The van der Waals surface area contributed by atoms with Crippen molar-refractivity contribution >= 4 is 21.7 Å². The van der Waals surface area contributed by atoms with Crippen molar-refractivity contribution in [1.82, 2.24) is 8.87 Å². The monoisotopic (exact) mass is 526 g/mol. The van der Waals surface area contributed by atoms with E-state index in [9.17, 15) is 17.6 Å². The molecule has 7 nitrogen and oxygen atoms in total. The maximum absolute atomic E-state index is 14.8. The first-order valence-corrected chi connectivity index (χ1v) is 13.4. The highest BCUT2D eigenvalue weighted by Crippen LogP contribution is 2.31. The van der Waals surface area contributed by atoms with Crippen molar-refractivity contribution in [2.24, 2.45) is 0 Å². The molecule has 0 radical (unpaired) electrons. The SMILES string of the molecule is CN(Cc1cc(-c2ccccc2F)n(S(=O)(=O)c2cccc(C3=CCOCC3)c2)c1)C(=O)OC(C)(C)C. The lowest BCUT2D eigenvalue weighted by Crippen LogP contribution is -2.33. The maximum Gasteiger partial charge on any atom is 0.410 e. The lowest BCUT2D eigenvalue weighted by atomic mass is 10.0. The number of hydrogen-bond acceptors (Lipinski definition) is 5. The van der Waals surface area contributed by atoms with E-state index in [0.717, 1.165) is 15.1 Å². The number of carbonyl (C=O) groups excluding carboxylic acids is 1. The molecule has 9 heteroatoms. The van der Waals surface area contributed by atoms with Crippen molar-refractivity contribution < 1.29 is 27.1 Å². The number of ether oxygens (including phenoxy) is 2. The van der Waals surface area contributed by atoms with Crippen LogP contribution in [0.15, 0.2) is 71.8 Å². The van der Waals surface area contributed by atoms with Gasteiger partial charge in [-0.25, -0.2) is 21.6 Å². The van der Waals surface area contributed by atoms with Gasteiger partial charge >= 0.3 is 6.09 Å². The average Bonchev–Trinajstić information content (AvgIpc) is 3.28. The Hall–Kier alpha value is -3.43. The van der Waals surface area contributed by atoms with E-state index < -0.39 is 27.5 Å². The van der Waals surface area contributed by atoms with E-state index in [1.807, 2.05) is 12.1 Å². The molecule has 0 bridgehead atoms. The van der Waals surface area contributed by atoms with E-state index in [1.54, 1.807) is 58.2 Å². The largest absolute Gasteiger partial charge is 0.444 e. The summed E-state index contributed by atoms with van der Waals surface area (Å²) in [6.07, 6.45) is 3.51. The van der Waals surface area contributed by atoms with Crippen LogP contribution >= 0.6 is 0 Å².